The molecule has 0 bridgehead atoms. The Morgan fingerprint density at radius 1 is 1.23 bits per heavy atom. The summed E-state index contributed by atoms with van der Waals surface area (Å²) < 4.78 is 40.6. The molecule has 8 heteroatoms. The van der Waals surface area contributed by atoms with E-state index in [0.717, 1.165) is 36.3 Å². The summed E-state index contributed by atoms with van der Waals surface area (Å²) in [5.41, 5.74) is 0. The van der Waals surface area contributed by atoms with E-state index in [4.69, 9.17) is 0 Å². The molecular formula is C14H18F3N5. The van der Waals surface area contributed by atoms with Crippen LogP contribution in [0.2, 0.25) is 0 Å². The molecule has 1 aliphatic rings. The average Bonchev–Trinajstić information content (AvgIpc) is 3.06. The van der Waals surface area contributed by atoms with Crippen molar-refractivity contribution in [2.75, 3.05) is 6.54 Å². The molecule has 3 heterocycles. The second-order valence-electron chi connectivity index (χ2n) is 5.62. The minimum atomic E-state index is -4.23. The average molecular weight is 313 g/mol. The fraction of sp³-hybridized carbons (Fsp3) is 0.571. The highest BCUT2D eigenvalue weighted by Gasteiger charge is 2.28. The van der Waals surface area contributed by atoms with Gasteiger partial charge in [0.25, 0.3) is 0 Å². The number of hydrogen-bond donors (Lipinski definition) is 1. The molecule has 120 valence electrons. The largest absolute Gasteiger partial charge is 0.406 e. The van der Waals surface area contributed by atoms with Crippen LogP contribution in [0.1, 0.15) is 18.1 Å². The Labute approximate surface area is 126 Å². The Hall–Kier alpha value is -1.83. The molecule has 1 N–H and O–H groups in total. The van der Waals surface area contributed by atoms with Gasteiger partial charge in [-0.15, -0.1) is 0 Å². The second kappa shape index (κ2) is 6.12. The monoisotopic (exact) mass is 313 g/mol. The van der Waals surface area contributed by atoms with Crippen LogP contribution < -0.4 is 5.32 Å². The van der Waals surface area contributed by atoms with E-state index in [1.807, 2.05) is 6.20 Å². The van der Waals surface area contributed by atoms with Crippen molar-refractivity contribution in [2.24, 2.45) is 5.92 Å². The van der Waals surface area contributed by atoms with Crippen molar-refractivity contribution in [2.45, 2.75) is 38.7 Å². The van der Waals surface area contributed by atoms with Gasteiger partial charge in [-0.1, -0.05) is 0 Å². The Kier molecular flexibility index (Phi) is 4.19. The summed E-state index contributed by atoms with van der Waals surface area (Å²) in [4.78, 5) is 8.28. The molecular weight excluding hydrogens is 295 g/mol. The number of aryl methyl sites for hydroxylation is 1. The number of fused-ring (bicyclic) bond motifs is 1. The first-order valence-electron chi connectivity index (χ1n) is 7.29. The lowest BCUT2D eigenvalue weighted by Crippen LogP contribution is -2.30. The molecule has 0 aliphatic carbocycles. The zero-order valence-corrected chi connectivity index (χ0v) is 12.1. The number of rotatable bonds is 5. The van der Waals surface area contributed by atoms with Crippen molar-refractivity contribution >= 4 is 0 Å². The molecule has 0 radical (unpaired) electrons. The van der Waals surface area contributed by atoms with Crippen molar-refractivity contribution in [3.05, 3.63) is 36.4 Å². The highest BCUT2D eigenvalue weighted by molar-refractivity contribution is 4.97. The number of nitrogens with one attached hydrogen (secondary N) is 1. The molecule has 0 amide bonds. The van der Waals surface area contributed by atoms with Gasteiger partial charge in [-0.25, -0.2) is 9.97 Å². The van der Waals surface area contributed by atoms with Crippen LogP contribution in [0, 0.1) is 5.92 Å². The zero-order chi connectivity index (χ0) is 15.6. The van der Waals surface area contributed by atoms with Gasteiger partial charge in [0, 0.05) is 44.3 Å². The summed E-state index contributed by atoms with van der Waals surface area (Å²) >= 11 is 0. The fourth-order valence-electron chi connectivity index (χ4n) is 2.84. The van der Waals surface area contributed by atoms with E-state index >= 15 is 0 Å². The van der Waals surface area contributed by atoms with Gasteiger partial charge in [0.1, 0.15) is 18.2 Å². The molecule has 22 heavy (non-hydrogen) atoms. The van der Waals surface area contributed by atoms with Gasteiger partial charge in [0.15, 0.2) is 0 Å². The van der Waals surface area contributed by atoms with Crippen LogP contribution in [0.3, 0.4) is 0 Å². The maximum atomic E-state index is 12.4. The number of hydrogen-bond acceptors (Lipinski definition) is 3. The van der Waals surface area contributed by atoms with Gasteiger partial charge in [-0.05, 0) is 12.3 Å². The maximum Gasteiger partial charge on any atom is 0.406 e. The van der Waals surface area contributed by atoms with Crippen molar-refractivity contribution in [1.82, 2.24) is 24.4 Å². The Bertz CT molecular complexity index is 616. The molecule has 0 unspecified atom stereocenters. The van der Waals surface area contributed by atoms with Gasteiger partial charge < -0.3 is 14.5 Å². The first kappa shape index (κ1) is 15.1. The molecule has 2 aromatic rings. The predicted molar refractivity (Wildman–Crippen MR) is 74.0 cm³/mol. The maximum absolute atomic E-state index is 12.4. The number of nitrogens with zero attached hydrogens (tertiary/aromatic N) is 4. The van der Waals surface area contributed by atoms with Crippen LogP contribution >= 0.6 is 0 Å². The predicted octanol–water partition coefficient (Wildman–Crippen LogP) is 1.99. The molecule has 2 aromatic heterocycles. The van der Waals surface area contributed by atoms with Gasteiger partial charge in [0.2, 0.25) is 0 Å². The Morgan fingerprint density at radius 3 is 2.86 bits per heavy atom. The smallest absolute Gasteiger partial charge is 0.335 e. The fourth-order valence-corrected chi connectivity index (χ4v) is 2.84. The quantitative estimate of drug-likeness (QED) is 0.918. The normalized spacial score (nSPS) is 18.4. The molecule has 0 aromatic carbocycles. The van der Waals surface area contributed by atoms with E-state index in [9.17, 15) is 13.2 Å². The Morgan fingerprint density at radius 2 is 2.05 bits per heavy atom. The molecule has 0 spiro atoms. The van der Waals surface area contributed by atoms with Gasteiger partial charge >= 0.3 is 6.18 Å². The van der Waals surface area contributed by atoms with Crippen LogP contribution in [-0.2, 0) is 26.1 Å². The van der Waals surface area contributed by atoms with E-state index in [2.05, 4.69) is 19.9 Å². The lowest BCUT2D eigenvalue weighted by Gasteiger charge is -2.24. The topological polar surface area (TPSA) is 47.7 Å². The Balaban J connectivity index is 1.49. The van der Waals surface area contributed by atoms with E-state index < -0.39 is 12.7 Å². The molecule has 5 nitrogen and oxygen atoms in total. The molecule has 0 saturated heterocycles. The van der Waals surface area contributed by atoms with Crippen LogP contribution in [0.4, 0.5) is 13.2 Å². The summed E-state index contributed by atoms with van der Waals surface area (Å²) in [7, 11) is 0. The van der Waals surface area contributed by atoms with Crippen LogP contribution in [0.5, 0.6) is 0 Å². The lowest BCUT2D eigenvalue weighted by atomic mass is 9.99. The van der Waals surface area contributed by atoms with Gasteiger partial charge in [-0.2, -0.15) is 13.2 Å². The van der Waals surface area contributed by atoms with E-state index in [-0.39, 0.29) is 0 Å². The molecule has 1 aliphatic heterocycles. The van der Waals surface area contributed by atoms with Crippen molar-refractivity contribution in [1.29, 1.82) is 0 Å². The first-order valence-corrected chi connectivity index (χ1v) is 7.29. The van der Waals surface area contributed by atoms with Crippen LogP contribution in [0.15, 0.2) is 24.8 Å². The van der Waals surface area contributed by atoms with E-state index in [1.165, 1.54) is 12.4 Å². The number of alkyl halides is 3. The third-order valence-corrected chi connectivity index (χ3v) is 3.90. The summed E-state index contributed by atoms with van der Waals surface area (Å²) in [6.07, 6.45) is 4.31. The van der Waals surface area contributed by atoms with Crippen LogP contribution in [-0.4, -0.2) is 31.8 Å². The van der Waals surface area contributed by atoms with Gasteiger partial charge in [-0.3, -0.25) is 0 Å². The SMILES string of the molecule is FC(F)(F)Cn1ccnc1CNC[C@@H]1CCc2nccn2C1. The number of aromatic nitrogens is 4. The van der Waals surface area contributed by atoms with Gasteiger partial charge in [0.05, 0.1) is 6.54 Å². The lowest BCUT2D eigenvalue weighted by molar-refractivity contribution is -0.141. The van der Waals surface area contributed by atoms with E-state index in [0.29, 0.717) is 18.3 Å². The highest BCUT2D eigenvalue weighted by Crippen LogP contribution is 2.19. The number of imidazole rings is 2. The summed E-state index contributed by atoms with van der Waals surface area (Å²) in [6.45, 7) is 1.01. The van der Waals surface area contributed by atoms with Crippen molar-refractivity contribution in [3.63, 3.8) is 0 Å². The second-order valence-corrected chi connectivity index (χ2v) is 5.62. The first-order chi connectivity index (χ1) is 10.5. The summed E-state index contributed by atoms with van der Waals surface area (Å²) in [5.74, 6) is 1.99. The van der Waals surface area contributed by atoms with Crippen LogP contribution in [0.25, 0.3) is 0 Å². The summed E-state index contributed by atoms with van der Waals surface area (Å²) in [5, 5.41) is 3.22. The molecule has 0 saturated carbocycles. The molecule has 0 fully saturated rings. The summed E-state index contributed by atoms with van der Waals surface area (Å²) in [6, 6.07) is 0. The van der Waals surface area contributed by atoms with Crippen molar-refractivity contribution < 1.29 is 13.2 Å². The molecule has 1 atom stereocenters. The molecule has 3 rings (SSSR count). The highest BCUT2D eigenvalue weighted by atomic mass is 19.4. The van der Waals surface area contributed by atoms with E-state index in [1.54, 1.807) is 6.20 Å². The third-order valence-electron chi connectivity index (χ3n) is 3.90. The zero-order valence-electron chi connectivity index (χ0n) is 12.1. The minimum Gasteiger partial charge on any atom is -0.335 e. The third kappa shape index (κ3) is 3.68. The minimum absolute atomic E-state index is 0.344. The standard InChI is InChI=1S/C14H18F3N5/c15-14(16,17)10-22-6-4-20-13(22)8-18-7-11-1-2-12-19-3-5-21(12)9-11/h3-6,11,18H,1-2,7-10H2/t11-/m0/s1. The van der Waals surface area contributed by atoms with Crippen molar-refractivity contribution in [3.8, 4) is 0 Å². The number of halogens is 3.